The molecule has 0 fully saturated rings. The standard InChI is InChI=1S/C17H21ClN2O3/c1-17(2,3)23-13-8-12(16(22)20(4)5)19-15-11(13)7-6-10(9-21)14(15)18/h6-8,21H,9H2,1-5H3. The fourth-order valence-electron chi connectivity index (χ4n) is 2.14. The van der Waals surface area contributed by atoms with E-state index in [0.29, 0.717) is 27.2 Å². The molecule has 23 heavy (non-hydrogen) atoms. The maximum Gasteiger partial charge on any atom is 0.272 e. The second kappa shape index (κ2) is 6.34. The Kier molecular flexibility index (Phi) is 4.82. The van der Waals surface area contributed by atoms with Gasteiger partial charge in [0.15, 0.2) is 0 Å². The lowest BCUT2D eigenvalue weighted by Crippen LogP contribution is -2.25. The summed E-state index contributed by atoms with van der Waals surface area (Å²) in [6.07, 6.45) is 0. The maximum absolute atomic E-state index is 12.3. The summed E-state index contributed by atoms with van der Waals surface area (Å²) < 4.78 is 5.98. The molecule has 6 heteroatoms. The zero-order valence-corrected chi connectivity index (χ0v) is 14.7. The number of aliphatic hydroxyl groups excluding tert-OH is 1. The van der Waals surface area contributed by atoms with Gasteiger partial charge in [0.25, 0.3) is 5.91 Å². The Balaban J connectivity index is 2.76. The van der Waals surface area contributed by atoms with Crippen LogP contribution in [0, 0.1) is 0 Å². The van der Waals surface area contributed by atoms with Crippen LogP contribution in [0.3, 0.4) is 0 Å². The molecule has 0 spiro atoms. The van der Waals surface area contributed by atoms with Crippen LogP contribution in [0.15, 0.2) is 18.2 Å². The first-order valence-electron chi connectivity index (χ1n) is 7.27. The minimum Gasteiger partial charge on any atom is -0.487 e. The number of aromatic nitrogens is 1. The van der Waals surface area contributed by atoms with E-state index < -0.39 is 5.60 Å². The summed E-state index contributed by atoms with van der Waals surface area (Å²) in [5, 5.41) is 10.4. The number of aliphatic hydroxyl groups is 1. The number of nitrogens with zero attached hydrogens (tertiary/aromatic N) is 2. The van der Waals surface area contributed by atoms with Crippen molar-refractivity contribution in [2.24, 2.45) is 0 Å². The normalized spacial score (nSPS) is 11.6. The third-order valence-corrected chi connectivity index (χ3v) is 3.60. The SMILES string of the molecule is CN(C)C(=O)c1cc(OC(C)(C)C)c2ccc(CO)c(Cl)c2n1. The van der Waals surface area contributed by atoms with Crippen LogP contribution in [-0.4, -0.2) is 40.6 Å². The number of halogens is 1. The Bertz CT molecular complexity index is 752. The van der Waals surface area contributed by atoms with E-state index in [2.05, 4.69) is 4.98 Å². The third-order valence-electron chi connectivity index (χ3n) is 3.17. The minimum atomic E-state index is -0.436. The fourth-order valence-corrected chi connectivity index (χ4v) is 2.41. The smallest absolute Gasteiger partial charge is 0.272 e. The molecule has 0 saturated heterocycles. The highest BCUT2D eigenvalue weighted by molar-refractivity contribution is 6.36. The van der Waals surface area contributed by atoms with E-state index in [1.54, 1.807) is 32.3 Å². The number of carbonyl (C=O) groups is 1. The van der Waals surface area contributed by atoms with Crippen LogP contribution in [0.2, 0.25) is 5.02 Å². The Morgan fingerprint density at radius 2 is 2.00 bits per heavy atom. The molecule has 1 aromatic heterocycles. The Morgan fingerprint density at radius 1 is 1.35 bits per heavy atom. The van der Waals surface area contributed by atoms with Gasteiger partial charge >= 0.3 is 0 Å². The van der Waals surface area contributed by atoms with Crippen LogP contribution in [0.4, 0.5) is 0 Å². The molecule has 5 nitrogen and oxygen atoms in total. The van der Waals surface area contributed by atoms with Crippen LogP contribution in [0.25, 0.3) is 10.9 Å². The maximum atomic E-state index is 12.3. The predicted octanol–water partition coefficient (Wildman–Crippen LogP) is 3.26. The summed E-state index contributed by atoms with van der Waals surface area (Å²) in [7, 11) is 3.31. The summed E-state index contributed by atoms with van der Waals surface area (Å²) in [5.74, 6) is 0.301. The molecular weight excluding hydrogens is 316 g/mol. The molecule has 2 rings (SSSR count). The molecule has 0 bridgehead atoms. The third kappa shape index (κ3) is 3.74. The monoisotopic (exact) mass is 336 g/mol. The average Bonchev–Trinajstić information content (AvgIpc) is 2.45. The number of benzene rings is 1. The van der Waals surface area contributed by atoms with E-state index in [4.69, 9.17) is 16.3 Å². The highest BCUT2D eigenvalue weighted by Gasteiger charge is 2.20. The number of pyridine rings is 1. The molecule has 0 aliphatic rings. The van der Waals surface area contributed by atoms with Gasteiger partial charge < -0.3 is 14.7 Å². The lowest BCUT2D eigenvalue weighted by molar-refractivity contribution is 0.0820. The summed E-state index contributed by atoms with van der Waals surface area (Å²) >= 11 is 6.34. The number of ether oxygens (including phenoxy) is 1. The zero-order chi connectivity index (χ0) is 17.4. The van der Waals surface area contributed by atoms with Gasteiger partial charge in [-0.2, -0.15) is 0 Å². The zero-order valence-electron chi connectivity index (χ0n) is 14.0. The van der Waals surface area contributed by atoms with E-state index in [-0.39, 0.29) is 18.2 Å². The number of amides is 1. The first-order chi connectivity index (χ1) is 10.6. The van der Waals surface area contributed by atoms with Crippen molar-refractivity contribution in [3.05, 3.63) is 34.5 Å². The largest absolute Gasteiger partial charge is 0.487 e. The van der Waals surface area contributed by atoms with Crippen molar-refractivity contribution in [3.8, 4) is 5.75 Å². The van der Waals surface area contributed by atoms with Gasteiger partial charge in [0.2, 0.25) is 0 Å². The molecular formula is C17H21ClN2O3. The van der Waals surface area contributed by atoms with Gasteiger partial charge in [-0.3, -0.25) is 4.79 Å². The summed E-state index contributed by atoms with van der Waals surface area (Å²) in [6.45, 7) is 5.58. The number of hydrogen-bond donors (Lipinski definition) is 1. The topological polar surface area (TPSA) is 62.7 Å². The van der Waals surface area contributed by atoms with Gasteiger partial charge in [0.1, 0.15) is 17.0 Å². The van der Waals surface area contributed by atoms with Gasteiger partial charge in [-0.05, 0) is 32.4 Å². The molecule has 124 valence electrons. The molecule has 1 N–H and O–H groups in total. The molecule has 0 aliphatic carbocycles. The van der Waals surface area contributed by atoms with Crippen LogP contribution in [-0.2, 0) is 6.61 Å². The van der Waals surface area contributed by atoms with E-state index in [1.165, 1.54) is 4.90 Å². The van der Waals surface area contributed by atoms with Crippen molar-refractivity contribution in [2.75, 3.05) is 14.1 Å². The van der Waals surface area contributed by atoms with Gasteiger partial charge in [0, 0.05) is 25.5 Å². The van der Waals surface area contributed by atoms with Crippen molar-refractivity contribution >= 4 is 28.4 Å². The molecule has 0 aliphatic heterocycles. The fraction of sp³-hybridized carbons (Fsp3) is 0.412. The van der Waals surface area contributed by atoms with E-state index in [9.17, 15) is 9.90 Å². The van der Waals surface area contributed by atoms with Crippen LogP contribution < -0.4 is 4.74 Å². The van der Waals surface area contributed by atoms with Crippen molar-refractivity contribution in [1.29, 1.82) is 0 Å². The van der Waals surface area contributed by atoms with Crippen LogP contribution >= 0.6 is 11.6 Å². The summed E-state index contributed by atoms with van der Waals surface area (Å²) in [4.78, 5) is 18.1. The number of rotatable bonds is 3. The molecule has 0 unspecified atom stereocenters. The molecule has 0 saturated carbocycles. The quantitative estimate of drug-likeness (QED) is 0.934. The molecule has 1 heterocycles. The second-order valence-corrected chi connectivity index (χ2v) is 6.89. The lowest BCUT2D eigenvalue weighted by Gasteiger charge is -2.23. The van der Waals surface area contributed by atoms with Crippen LogP contribution in [0.5, 0.6) is 5.75 Å². The lowest BCUT2D eigenvalue weighted by atomic mass is 10.1. The van der Waals surface area contributed by atoms with Crippen molar-refractivity contribution < 1.29 is 14.6 Å². The molecule has 0 atom stereocenters. The highest BCUT2D eigenvalue weighted by Crippen LogP contribution is 2.34. The van der Waals surface area contributed by atoms with Gasteiger partial charge in [-0.1, -0.05) is 17.7 Å². The first-order valence-corrected chi connectivity index (χ1v) is 7.65. The molecule has 1 aromatic carbocycles. The molecule has 2 aromatic rings. The van der Waals surface area contributed by atoms with Crippen molar-refractivity contribution in [3.63, 3.8) is 0 Å². The van der Waals surface area contributed by atoms with E-state index >= 15 is 0 Å². The molecule has 1 amide bonds. The Hall–Kier alpha value is -1.85. The van der Waals surface area contributed by atoms with Crippen molar-refractivity contribution in [1.82, 2.24) is 9.88 Å². The minimum absolute atomic E-state index is 0.197. The number of carbonyl (C=O) groups excluding carboxylic acids is 1. The predicted molar refractivity (Wildman–Crippen MR) is 91.1 cm³/mol. The summed E-state index contributed by atoms with van der Waals surface area (Å²) in [5.41, 5.74) is 0.821. The van der Waals surface area contributed by atoms with Gasteiger partial charge in [-0.15, -0.1) is 0 Å². The number of fused-ring (bicyclic) bond motifs is 1. The van der Waals surface area contributed by atoms with Gasteiger partial charge in [-0.25, -0.2) is 4.98 Å². The Labute approximate surface area is 140 Å². The summed E-state index contributed by atoms with van der Waals surface area (Å²) in [6, 6.07) is 5.16. The average molecular weight is 337 g/mol. The first kappa shape index (κ1) is 17.5. The van der Waals surface area contributed by atoms with E-state index in [0.717, 1.165) is 0 Å². The van der Waals surface area contributed by atoms with Crippen molar-refractivity contribution in [2.45, 2.75) is 33.0 Å². The highest BCUT2D eigenvalue weighted by atomic mass is 35.5. The van der Waals surface area contributed by atoms with Crippen LogP contribution in [0.1, 0.15) is 36.8 Å². The molecule has 0 radical (unpaired) electrons. The Morgan fingerprint density at radius 3 is 2.52 bits per heavy atom. The van der Waals surface area contributed by atoms with Gasteiger partial charge in [0.05, 0.1) is 17.1 Å². The second-order valence-electron chi connectivity index (χ2n) is 6.51. The van der Waals surface area contributed by atoms with E-state index in [1.807, 2.05) is 20.8 Å². The number of hydrogen-bond acceptors (Lipinski definition) is 4.